The molecule has 0 atom stereocenters. The van der Waals surface area contributed by atoms with Crippen LogP contribution in [0.25, 0.3) is 0 Å². The molecule has 1 aromatic carbocycles. The number of carbonyl (C=O) groups excluding carboxylic acids is 2. The minimum atomic E-state index is -4.64. The number of rotatable bonds is 1. The third-order valence-electron chi connectivity index (χ3n) is 2.48. The molecule has 1 saturated heterocycles. The lowest BCUT2D eigenvalue weighted by molar-refractivity contribution is -0.160. The SMILES string of the molecule is O=C1CN(c2cc(C(F)(F)F)ccc2F)CC(=O)O1. The van der Waals surface area contributed by atoms with Crippen LogP contribution < -0.4 is 4.90 Å². The molecule has 19 heavy (non-hydrogen) atoms. The fourth-order valence-corrected chi connectivity index (χ4v) is 1.66. The van der Waals surface area contributed by atoms with E-state index in [-0.39, 0.29) is 0 Å². The highest BCUT2D eigenvalue weighted by atomic mass is 19.4. The molecule has 0 unspecified atom stereocenters. The Kier molecular flexibility index (Phi) is 3.17. The Hall–Kier alpha value is -2.12. The molecule has 0 aliphatic carbocycles. The van der Waals surface area contributed by atoms with Gasteiger partial charge in [0.1, 0.15) is 18.9 Å². The van der Waals surface area contributed by atoms with Gasteiger partial charge < -0.3 is 9.64 Å². The molecule has 102 valence electrons. The molecule has 0 bridgehead atoms. The second-order valence-electron chi connectivity index (χ2n) is 3.87. The predicted molar refractivity (Wildman–Crippen MR) is 54.7 cm³/mol. The van der Waals surface area contributed by atoms with Gasteiger partial charge in [-0.2, -0.15) is 13.2 Å². The standard InChI is InChI=1S/C11H7F4NO3/c12-7-2-1-6(11(13,14)15)3-8(7)16-4-9(17)19-10(18)5-16/h1-3H,4-5H2. The van der Waals surface area contributed by atoms with E-state index in [1.54, 1.807) is 0 Å². The van der Waals surface area contributed by atoms with Crippen molar-refractivity contribution in [2.75, 3.05) is 18.0 Å². The number of nitrogens with zero attached hydrogens (tertiary/aromatic N) is 1. The molecule has 0 aromatic heterocycles. The van der Waals surface area contributed by atoms with E-state index in [1.165, 1.54) is 0 Å². The fraction of sp³-hybridized carbons (Fsp3) is 0.273. The minimum Gasteiger partial charge on any atom is -0.390 e. The summed E-state index contributed by atoms with van der Waals surface area (Å²) in [5.74, 6) is -2.82. The van der Waals surface area contributed by atoms with E-state index in [0.717, 1.165) is 4.90 Å². The lowest BCUT2D eigenvalue weighted by atomic mass is 10.1. The lowest BCUT2D eigenvalue weighted by Gasteiger charge is -2.27. The van der Waals surface area contributed by atoms with Gasteiger partial charge in [-0.25, -0.2) is 14.0 Å². The van der Waals surface area contributed by atoms with Crippen LogP contribution in [0.15, 0.2) is 18.2 Å². The molecule has 1 heterocycles. The van der Waals surface area contributed by atoms with Crippen LogP contribution in [-0.4, -0.2) is 25.0 Å². The molecule has 1 aromatic rings. The lowest BCUT2D eigenvalue weighted by Crippen LogP contribution is -2.43. The van der Waals surface area contributed by atoms with Gasteiger partial charge >= 0.3 is 18.1 Å². The molecule has 0 amide bonds. The van der Waals surface area contributed by atoms with Gasteiger partial charge in [0.15, 0.2) is 0 Å². The van der Waals surface area contributed by atoms with E-state index in [1.807, 2.05) is 0 Å². The highest BCUT2D eigenvalue weighted by Gasteiger charge is 2.33. The number of cyclic esters (lactones) is 2. The zero-order valence-electron chi connectivity index (χ0n) is 9.33. The van der Waals surface area contributed by atoms with E-state index in [0.29, 0.717) is 18.2 Å². The zero-order valence-corrected chi connectivity index (χ0v) is 9.33. The van der Waals surface area contributed by atoms with Crippen molar-refractivity contribution >= 4 is 17.6 Å². The Labute approximate surface area is 104 Å². The van der Waals surface area contributed by atoms with Gasteiger partial charge in [0.2, 0.25) is 0 Å². The number of carbonyl (C=O) groups is 2. The van der Waals surface area contributed by atoms with Crippen LogP contribution in [-0.2, 0) is 20.5 Å². The van der Waals surface area contributed by atoms with Gasteiger partial charge in [-0.3, -0.25) is 0 Å². The quantitative estimate of drug-likeness (QED) is 0.445. The van der Waals surface area contributed by atoms with Crippen molar-refractivity contribution in [3.63, 3.8) is 0 Å². The molecule has 0 radical (unpaired) electrons. The highest BCUT2D eigenvalue weighted by Crippen LogP contribution is 2.33. The maximum absolute atomic E-state index is 13.5. The van der Waals surface area contributed by atoms with Gasteiger partial charge in [-0.15, -0.1) is 0 Å². The van der Waals surface area contributed by atoms with Crippen LogP contribution in [0.5, 0.6) is 0 Å². The van der Waals surface area contributed by atoms with Crippen LogP contribution in [0.3, 0.4) is 0 Å². The van der Waals surface area contributed by atoms with E-state index >= 15 is 0 Å². The number of esters is 2. The van der Waals surface area contributed by atoms with Crippen LogP contribution in [0.4, 0.5) is 23.2 Å². The number of alkyl halides is 3. The topological polar surface area (TPSA) is 46.6 Å². The molecule has 1 fully saturated rings. The summed E-state index contributed by atoms with van der Waals surface area (Å²) in [4.78, 5) is 22.9. The summed E-state index contributed by atoms with van der Waals surface area (Å²) in [5, 5.41) is 0. The van der Waals surface area contributed by atoms with Crippen molar-refractivity contribution in [3.8, 4) is 0 Å². The molecule has 1 aliphatic heterocycles. The summed E-state index contributed by atoms with van der Waals surface area (Å²) >= 11 is 0. The normalized spacial score (nSPS) is 16.5. The number of anilines is 1. The highest BCUT2D eigenvalue weighted by molar-refractivity contribution is 5.94. The molecule has 0 saturated carbocycles. The maximum Gasteiger partial charge on any atom is 0.416 e. The summed E-state index contributed by atoms with van der Waals surface area (Å²) in [6.07, 6.45) is -4.64. The van der Waals surface area contributed by atoms with Gasteiger partial charge in [-0.1, -0.05) is 0 Å². The Bertz CT molecular complexity index is 525. The summed E-state index contributed by atoms with van der Waals surface area (Å²) in [5.41, 5.74) is -1.52. The Morgan fingerprint density at radius 2 is 1.68 bits per heavy atom. The molecule has 0 N–H and O–H groups in total. The number of ether oxygens (including phenoxy) is 1. The Morgan fingerprint density at radius 1 is 1.11 bits per heavy atom. The monoisotopic (exact) mass is 277 g/mol. The number of hydrogen-bond donors (Lipinski definition) is 0. The second-order valence-corrected chi connectivity index (χ2v) is 3.87. The number of hydrogen-bond acceptors (Lipinski definition) is 4. The van der Waals surface area contributed by atoms with Crippen molar-refractivity contribution in [2.24, 2.45) is 0 Å². The third kappa shape index (κ3) is 2.83. The first-order valence-electron chi connectivity index (χ1n) is 5.12. The molecule has 2 rings (SSSR count). The molecular formula is C11H7F4NO3. The van der Waals surface area contributed by atoms with Crippen LogP contribution in [0.1, 0.15) is 5.56 Å². The van der Waals surface area contributed by atoms with Gasteiger partial charge in [0.25, 0.3) is 0 Å². The molecule has 4 nitrogen and oxygen atoms in total. The number of halogens is 4. The van der Waals surface area contributed by atoms with Gasteiger partial charge in [-0.05, 0) is 18.2 Å². The van der Waals surface area contributed by atoms with E-state index < -0.39 is 48.3 Å². The minimum absolute atomic E-state index is 0.458. The summed E-state index contributed by atoms with van der Waals surface area (Å²) in [6, 6.07) is 1.78. The molecule has 8 heteroatoms. The van der Waals surface area contributed by atoms with Crippen LogP contribution >= 0.6 is 0 Å². The van der Waals surface area contributed by atoms with E-state index in [2.05, 4.69) is 4.74 Å². The summed E-state index contributed by atoms with van der Waals surface area (Å²) < 4.78 is 55.3. The molecular weight excluding hydrogens is 270 g/mol. The van der Waals surface area contributed by atoms with Crippen molar-refractivity contribution in [1.29, 1.82) is 0 Å². The van der Waals surface area contributed by atoms with Crippen molar-refractivity contribution in [2.45, 2.75) is 6.18 Å². The largest absolute Gasteiger partial charge is 0.416 e. The van der Waals surface area contributed by atoms with E-state index in [9.17, 15) is 27.2 Å². The third-order valence-corrected chi connectivity index (χ3v) is 2.48. The van der Waals surface area contributed by atoms with Crippen LogP contribution in [0, 0.1) is 5.82 Å². The fourth-order valence-electron chi connectivity index (χ4n) is 1.66. The number of morpholine rings is 1. The summed E-state index contributed by atoms with van der Waals surface area (Å²) in [7, 11) is 0. The first kappa shape index (κ1) is 13.3. The van der Waals surface area contributed by atoms with Gasteiger partial charge in [0.05, 0.1) is 11.3 Å². The zero-order chi connectivity index (χ0) is 14.2. The predicted octanol–water partition coefficient (Wildman–Crippen LogP) is 1.73. The number of benzene rings is 1. The average molecular weight is 277 g/mol. The summed E-state index contributed by atoms with van der Waals surface area (Å²) in [6.45, 7) is -0.964. The smallest absolute Gasteiger partial charge is 0.390 e. The second kappa shape index (κ2) is 4.52. The van der Waals surface area contributed by atoms with E-state index in [4.69, 9.17) is 0 Å². The first-order chi connectivity index (χ1) is 8.77. The molecule has 0 spiro atoms. The first-order valence-corrected chi connectivity index (χ1v) is 5.12. The maximum atomic E-state index is 13.5. The molecule has 1 aliphatic rings. The van der Waals surface area contributed by atoms with Crippen molar-refractivity contribution in [3.05, 3.63) is 29.6 Å². The Balaban J connectivity index is 2.38. The average Bonchev–Trinajstić information content (AvgIpc) is 2.26. The van der Waals surface area contributed by atoms with Crippen molar-refractivity contribution < 1.29 is 31.9 Å². The van der Waals surface area contributed by atoms with Crippen LogP contribution in [0.2, 0.25) is 0 Å². The Morgan fingerprint density at radius 3 is 2.21 bits per heavy atom. The van der Waals surface area contributed by atoms with Crippen molar-refractivity contribution in [1.82, 2.24) is 0 Å². The van der Waals surface area contributed by atoms with Gasteiger partial charge in [0, 0.05) is 0 Å².